The van der Waals surface area contributed by atoms with E-state index in [0.717, 1.165) is 6.42 Å². The van der Waals surface area contributed by atoms with Crippen LogP contribution in [0.1, 0.15) is 12.0 Å². The molecule has 0 spiro atoms. The minimum absolute atomic E-state index is 0.320. The van der Waals surface area contributed by atoms with Gasteiger partial charge in [0.15, 0.2) is 5.11 Å². The summed E-state index contributed by atoms with van der Waals surface area (Å²) in [6.45, 7) is 1.32. The van der Waals surface area contributed by atoms with Crippen LogP contribution in [0.3, 0.4) is 0 Å². The number of nitrogens with zero attached hydrogens (tertiary/aromatic N) is 1. The smallest absolute Gasteiger partial charge is 0.262 e. The van der Waals surface area contributed by atoms with E-state index in [0.29, 0.717) is 33.9 Å². The molecule has 1 aromatic rings. The maximum absolute atomic E-state index is 11.9. The SMILES string of the molecule is COCCCNC(=S)N(C)NC(=O)/C=C/c1ccc(Cl)cc1Cl. The maximum atomic E-state index is 11.9. The van der Waals surface area contributed by atoms with Crippen molar-refractivity contribution in [2.24, 2.45) is 0 Å². The molecule has 0 fully saturated rings. The molecule has 2 N–H and O–H groups in total. The van der Waals surface area contributed by atoms with Crippen molar-refractivity contribution in [2.75, 3.05) is 27.3 Å². The van der Waals surface area contributed by atoms with Crippen molar-refractivity contribution in [3.05, 3.63) is 39.9 Å². The number of thiocarbonyl (C=S) groups is 1. The molecule has 0 radical (unpaired) electrons. The van der Waals surface area contributed by atoms with Gasteiger partial charge in [0.2, 0.25) is 0 Å². The molecule has 1 aromatic carbocycles. The molecule has 126 valence electrons. The van der Waals surface area contributed by atoms with Gasteiger partial charge in [-0.05, 0) is 42.4 Å². The molecule has 0 saturated carbocycles. The second-order valence-corrected chi connectivity index (χ2v) is 5.84. The highest BCUT2D eigenvalue weighted by Gasteiger charge is 2.06. The summed E-state index contributed by atoms with van der Waals surface area (Å²) in [7, 11) is 3.30. The average molecular weight is 376 g/mol. The van der Waals surface area contributed by atoms with E-state index in [1.165, 1.54) is 11.1 Å². The van der Waals surface area contributed by atoms with Gasteiger partial charge in [-0.3, -0.25) is 15.2 Å². The number of benzene rings is 1. The Kier molecular flexibility index (Phi) is 8.94. The van der Waals surface area contributed by atoms with E-state index in [4.69, 9.17) is 40.2 Å². The van der Waals surface area contributed by atoms with Crippen LogP contribution in [0.15, 0.2) is 24.3 Å². The molecule has 0 unspecified atom stereocenters. The van der Waals surface area contributed by atoms with Gasteiger partial charge in [0.05, 0.1) is 0 Å². The summed E-state index contributed by atoms with van der Waals surface area (Å²) < 4.78 is 4.94. The summed E-state index contributed by atoms with van der Waals surface area (Å²) in [6, 6.07) is 5.06. The van der Waals surface area contributed by atoms with Crippen molar-refractivity contribution < 1.29 is 9.53 Å². The van der Waals surface area contributed by atoms with Crippen molar-refractivity contribution in [3.8, 4) is 0 Å². The van der Waals surface area contributed by atoms with Crippen LogP contribution in [0.5, 0.6) is 0 Å². The molecule has 0 aromatic heterocycles. The van der Waals surface area contributed by atoms with Crippen LogP contribution in [0.25, 0.3) is 6.08 Å². The first kappa shape index (κ1) is 19.7. The summed E-state index contributed by atoms with van der Waals surface area (Å²) in [5.74, 6) is -0.320. The third kappa shape index (κ3) is 7.65. The maximum Gasteiger partial charge on any atom is 0.262 e. The van der Waals surface area contributed by atoms with E-state index in [9.17, 15) is 4.79 Å². The second-order valence-electron chi connectivity index (χ2n) is 4.61. The number of nitrogens with one attached hydrogen (secondary N) is 2. The molecule has 1 amide bonds. The lowest BCUT2D eigenvalue weighted by Gasteiger charge is -2.20. The fourth-order valence-electron chi connectivity index (χ4n) is 1.59. The fourth-order valence-corrected chi connectivity index (χ4v) is 2.21. The first-order valence-electron chi connectivity index (χ1n) is 6.88. The number of rotatable bonds is 6. The van der Waals surface area contributed by atoms with Gasteiger partial charge in [-0.15, -0.1) is 0 Å². The van der Waals surface area contributed by atoms with Gasteiger partial charge >= 0.3 is 0 Å². The molecule has 0 heterocycles. The highest BCUT2D eigenvalue weighted by molar-refractivity contribution is 7.80. The zero-order valence-electron chi connectivity index (χ0n) is 12.9. The molecule has 0 saturated heterocycles. The number of amides is 1. The van der Waals surface area contributed by atoms with Gasteiger partial charge in [0, 0.05) is 43.4 Å². The fraction of sp³-hybridized carbons (Fsp3) is 0.333. The number of carbonyl (C=O) groups excluding carboxylic acids is 1. The van der Waals surface area contributed by atoms with E-state index < -0.39 is 0 Å². The molecule has 0 aliphatic rings. The largest absolute Gasteiger partial charge is 0.385 e. The van der Waals surface area contributed by atoms with E-state index in [1.54, 1.807) is 38.4 Å². The zero-order valence-corrected chi connectivity index (χ0v) is 15.3. The summed E-state index contributed by atoms with van der Waals surface area (Å²) >= 11 is 17.0. The predicted octanol–water partition coefficient (Wildman–Crippen LogP) is 2.88. The topological polar surface area (TPSA) is 53.6 Å². The highest BCUT2D eigenvalue weighted by Crippen LogP contribution is 2.21. The van der Waals surface area contributed by atoms with E-state index >= 15 is 0 Å². The molecule has 8 heteroatoms. The number of hydrazine groups is 1. The van der Waals surface area contributed by atoms with Gasteiger partial charge in [-0.1, -0.05) is 29.3 Å². The third-order valence-electron chi connectivity index (χ3n) is 2.76. The Morgan fingerprint density at radius 3 is 2.83 bits per heavy atom. The lowest BCUT2D eigenvalue weighted by Crippen LogP contribution is -2.47. The third-order valence-corrected chi connectivity index (χ3v) is 3.74. The Morgan fingerprint density at radius 1 is 1.43 bits per heavy atom. The van der Waals surface area contributed by atoms with Crippen LogP contribution in [0.4, 0.5) is 0 Å². The Balaban J connectivity index is 2.45. The average Bonchev–Trinajstić information content (AvgIpc) is 2.50. The molecule has 23 heavy (non-hydrogen) atoms. The van der Waals surface area contributed by atoms with Gasteiger partial charge < -0.3 is 10.1 Å². The highest BCUT2D eigenvalue weighted by atomic mass is 35.5. The lowest BCUT2D eigenvalue weighted by molar-refractivity contribution is -0.119. The Bertz CT molecular complexity index is 582. The van der Waals surface area contributed by atoms with E-state index in [-0.39, 0.29) is 5.91 Å². The zero-order chi connectivity index (χ0) is 17.2. The van der Waals surface area contributed by atoms with Crippen LogP contribution in [0, 0.1) is 0 Å². The number of hydrogen-bond acceptors (Lipinski definition) is 3. The van der Waals surface area contributed by atoms with Crippen molar-refractivity contribution in [2.45, 2.75) is 6.42 Å². The Hall–Kier alpha value is -1.34. The second kappa shape index (κ2) is 10.4. The van der Waals surface area contributed by atoms with Crippen LogP contribution in [0.2, 0.25) is 10.0 Å². The Labute approximate surface area is 151 Å². The molecule has 0 atom stereocenters. The first-order valence-corrected chi connectivity index (χ1v) is 8.04. The van der Waals surface area contributed by atoms with Gasteiger partial charge in [-0.25, -0.2) is 0 Å². The van der Waals surface area contributed by atoms with E-state index in [2.05, 4.69) is 10.7 Å². The molecular formula is C15H19Cl2N3O2S. The number of ether oxygens (including phenoxy) is 1. The minimum atomic E-state index is -0.320. The van der Waals surface area contributed by atoms with Crippen LogP contribution < -0.4 is 10.7 Å². The van der Waals surface area contributed by atoms with Crippen LogP contribution in [-0.2, 0) is 9.53 Å². The summed E-state index contributed by atoms with van der Waals surface area (Å²) in [6.07, 6.45) is 3.81. The summed E-state index contributed by atoms with van der Waals surface area (Å²) in [5.41, 5.74) is 3.33. The van der Waals surface area contributed by atoms with Crippen LogP contribution in [-0.4, -0.2) is 43.3 Å². The molecular weight excluding hydrogens is 357 g/mol. The van der Waals surface area contributed by atoms with Crippen molar-refractivity contribution in [1.29, 1.82) is 0 Å². The van der Waals surface area contributed by atoms with Gasteiger partial charge in [0.25, 0.3) is 5.91 Å². The lowest BCUT2D eigenvalue weighted by atomic mass is 10.2. The summed E-state index contributed by atoms with van der Waals surface area (Å²) in [4.78, 5) is 11.9. The molecule has 1 rings (SSSR count). The quantitative estimate of drug-likeness (QED) is 0.346. The first-order chi connectivity index (χ1) is 10.9. The monoisotopic (exact) mass is 375 g/mol. The van der Waals surface area contributed by atoms with Gasteiger partial charge in [-0.2, -0.15) is 0 Å². The standard InChI is InChI=1S/C15H19Cl2N3O2S/c1-20(15(23)18-8-3-9-22-2)19-14(21)7-5-11-4-6-12(16)10-13(11)17/h4-7,10H,3,8-9H2,1-2H3,(H,18,23)(H,19,21)/b7-5+. The Morgan fingerprint density at radius 2 is 2.17 bits per heavy atom. The number of carbonyl (C=O) groups is 1. The summed E-state index contributed by atoms with van der Waals surface area (Å²) in [5, 5.41) is 5.90. The predicted molar refractivity (Wildman–Crippen MR) is 98.5 cm³/mol. The van der Waals surface area contributed by atoms with Crippen molar-refractivity contribution in [3.63, 3.8) is 0 Å². The molecule has 0 aliphatic heterocycles. The van der Waals surface area contributed by atoms with Crippen molar-refractivity contribution in [1.82, 2.24) is 15.8 Å². The van der Waals surface area contributed by atoms with Gasteiger partial charge in [0.1, 0.15) is 0 Å². The minimum Gasteiger partial charge on any atom is -0.385 e. The number of hydrogen-bond donors (Lipinski definition) is 2. The van der Waals surface area contributed by atoms with Crippen molar-refractivity contribution >= 4 is 52.5 Å². The molecule has 0 aliphatic carbocycles. The molecule has 0 bridgehead atoms. The normalized spacial score (nSPS) is 10.6. The van der Waals surface area contributed by atoms with Crippen LogP contribution >= 0.6 is 35.4 Å². The number of halogens is 2. The number of methoxy groups -OCH3 is 1. The van der Waals surface area contributed by atoms with E-state index in [1.807, 2.05) is 0 Å². The molecule has 5 nitrogen and oxygen atoms in total.